The molecule has 0 radical (unpaired) electrons. The van der Waals surface area contributed by atoms with Crippen LogP contribution in [0.2, 0.25) is 0 Å². The minimum atomic E-state index is -4.26. The summed E-state index contributed by atoms with van der Waals surface area (Å²) in [6.45, 7) is 2.35. The number of para-hydroxylation sites is 1. The lowest BCUT2D eigenvalue weighted by molar-refractivity contribution is -0.0978. The number of H-pyrrole nitrogens is 1. The molecule has 0 saturated carbocycles. The first-order chi connectivity index (χ1) is 17.0. The van der Waals surface area contributed by atoms with Gasteiger partial charge in [-0.25, -0.2) is 23.5 Å². The van der Waals surface area contributed by atoms with Crippen molar-refractivity contribution in [2.75, 3.05) is 18.9 Å². The molecule has 11 nitrogen and oxygen atoms in total. The van der Waals surface area contributed by atoms with Gasteiger partial charge >= 0.3 is 7.75 Å². The van der Waals surface area contributed by atoms with Crippen molar-refractivity contribution in [1.29, 1.82) is 0 Å². The van der Waals surface area contributed by atoms with Crippen molar-refractivity contribution >= 4 is 30.0 Å². The van der Waals surface area contributed by atoms with Gasteiger partial charge in [-0.3, -0.25) is 4.52 Å². The number of aliphatic hydroxyl groups is 1. The number of anilines is 1. The largest absolute Gasteiger partial charge is 0.403 e. The number of nitrogens with two attached hydrogens (primary N) is 1. The first kappa shape index (κ1) is 24.8. The molecule has 4 aromatic rings. The zero-order valence-electron chi connectivity index (χ0n) is 19.8. The molecule has 1 saturated heterocycles. The summed E-state index contributed by atoms with van der Waals surface area (Å²) in [5.74, 6) is 0.207. The second-order valence-corrected chi connectivity index (χ2v) is 10.8. The molecule has 1 aliphatic rings. The smallest absolute Gasteiger partial charge is 0.387 e. The third-order valence-electron chi connectivity index (χ3n) is 6.99. The highest BCUT2D eigenvalue weighted by Gasteiger charge is 2.63. The maximum atomic E-state index is 15.9. The van der Waals surface area contributed by atoms with Crippen LogP contribution < -0.4 is 10.8 Å². The number of nitrogens with one attached hydrogen (secondary N) is 2. The van der Waals surface area contributed by atoms with E-state index in [1.54, 1.807) is 12.1 Å². The summed E-state index contributed by atoms with van der Waals surface area (Å²) in [6.07, 6.45) is 0.711. The van der Waals surface area contributed by atoms with Crippen LogP contribution in [-0.4, -0.2) is 60.6 Å². The fourth-order valence-electron chi connectivity index (χ4n) is 4.75. The number of alkyl halides is 1. The number of hydrogen-bond donors (Lipinski definition) is 5. The van der Waals surface area contributed by atoms with Crippen LogP contribution in [0.25, 0.3) is 16.4 Å². The number of aromatic nitrogens is 4. The standard InChI is InChI=1S/C23H28FN6O5P/c1-22(24)20(31)18(35-23(22,2)19-8-7-17-21(25)27-13-28-30(17)19)12-34-36(32,33)29-10-9-14-11-26-16-6-4-3-5-15(14)16/h3-8,11,13,18,20,26,31H,9-10,12H2,1-2H3,(H2,25,27,28)(H2,29,32,33)/t18-,20-,22-,23+/m1/s1. The average molecular weight is 518 g/mol. The van der Waals surface area contributed by atoms with E-state index in [4.69, 9.17) is 15.0 Å². The molecule has 0 spiro atoms. The first-order valence-electron chi connectivity index (χ1n) is 11.4. The average Bonchev–Trinajstić information content (AvgIpc) is 3.50. The zero-order valence-corrected chi connectivity index (χ0v) is 20.7. The van der Waals surface area contributed by atoms with E-state index in [-0.39, 0.29) is 12.4 Å². The molecule has 5 rings (SSSR count). The number of hydrogen-bond acceptors (Lipinski definition) is 7. The Labute approximate surface area is 206 Å². The van der Waals surface area contributed by atoms with E-state index in [1.807, 2.05) is 30.5 Å². The van der Waals surface area contributed by atoms with Gasteiger partial charge in [-0.05, 0) is 44.0 Å². The topological polar surface area (TPSA) is 160 Å². The van der Waals surface area contributed by atoms with Crippen molar-refractivity contribution in [2.45, 2.75) is 43.7 Å². The summed E-state index contributed by atoms with van der Waals surface area (Å²) in [6, 6.07) is 11.0. The lowest BCUT2D eigenvalue weighted by atomic mass is 9.82. The normalized spacial score (nSPS) is 28.1. The van der Waals surface area contributed by atoms with Crippen molar-refractivity contribution < 1.29 is 28.2 Å². The lowest BCUT2D eigenvalue weighted by Crippen LogP contribution is -2.47. The Morgan fingerprint density at radius 1 is 1.33 bits per heavy atom. The highest BCUT2D eigenvalue weighted by molar-refractivity contribution is 7.50. The van der Waals surface area contributed by atoms with Crippen LogP contribution in [0.4, 0.5) is 10.2 Å². The molecule has 0 amide bonds. The van der Waals surface area contributed by atoms with Crippen molar-refractivity contribution in [3.05, 3.63) is 60.2 Å². The number of benzene rings is 1. The zero-order chi connectivity index (χ0) is 25.7. The molecule has 6 N–H and O–H groups in total. The van der Waals surface area contributed by atoms with Gasteiger partial charge in [-0.15, -0.1) is 0 Å². The van der Waals surface area contributed by atoms with E-state index in [0.717, 1.165) is 16.5 Å². The van der Waals surface area contributed by atoms with E-state index >= 15 is 4.39 Å². The maximum absolute atomic E-state index is 15.9. The van der Waals surface area contributed by atoms with Crippen LogP contribution in [0, 0.1) is 0 Å². The summed E-state index contributed by atoms with van der Waals surface area (Å²) in [4.78, 5) is 17.3. The summed E-state index contributed by atoms with van der Waals surface area (Å²) in [5.41, 5.74) is 4.68. The molecule has 1 aliphatic heterocycles. The summed E-state index contributed by atoms with van der Waals surface area (Å²) < 4.78 is 41.0. The minimum Gasteiger partial charge on any atom is -0.387 e. The molecule has 0 aliphatic carbocycles. The number of aliphatic hydroxyl groups excluding tert-OH is 1. The van der Waals surface area contributed by atoms with Gasteiger partial charge in [0.05, 0.1) is 12.3 Å². The molecule has 0 bridgehead atoms. The Hall–Kier alpha value is -2.86. The minimum absolute atomic E-state index is 0.166. The maximum Gasteiger partial charge on any atom is 0.403 e. The van der Waals surface area contributed by atoms with Crippen LogP contribution >= 0.6 is 7.75 Å². The number of nitrogens with zero attached hydrogens (tertiary/aromatic N) is 3. The second-order valence-electron chi connectivity index (χ2n) is 9.20. The Bertz CT molecular complexity index is 1460. The van der Waals surface area contributed by atoms with Gasteiger partial charge in [-0.2, -0.15) is 5.10 Å². The van der Waals surface area contributed by atoms with Gasteiger partial charge in [0.25, 0.3) is 0 Å². The van der Waals surface area contributed by atoms with Crippen LogP contribution in [-0.2, 0) is 25.8 Å². The van der Waals surface area contributed by atoms with Crippen molar-refractivity contribution in [3.8, 4) is 0 Å². The van der Waals surface area contributed by atoms with E-state index in [0.29, 0.717) is 17.6 Å². The molecule has 13 heteroatoms. The molecule has 4 heterocycles. The molecule has 5 atom stereocenters. The molecule has 36 heavy (non-hydrogen) atoms. The molecular weight excluding hydrogens is 490 g/mol. The van der Waals surface area contributed by atoms with Crippen molar-refractivity contribution in [3.63, 3.8) is 0 Å². The fraction of sp³-hybridized carbons (Fsp3) is 0.391. The number of rotatable bonds is 8. The van der Waals surface area contributed by atoms with Crippen LogP contribution in [0.5, 0.6) is 0 Å². The van der Waals surface area contributed by atoms with Crippen molar-refractivity contribution in [2.24, 2.45) is 0 Å². The Morgan fingerprint density at radius 2 is 2.11 bits per heavy atom. The molecule has 1 aromatic carbocycles. The molecule has 1 unspecified atom stereocenters. The fourth-order valence-corrected chi connectivity index (χ4v) is 5.59. The van der Waals surface area contributed by atoms with Gasteiger partial charge in [-0.1, -0.05) is 18.2 Å². The third kappa shape index (κ3) is 4.09. The lowest BCUT2D eigenvalue weighted by Gasteiger charge is -2.33. The van der Waals surface area contributed by atoms with E-state index in [1.165, 1.54) is 24.7 Å². The second kappa shape index (κ2) is 8.91. The van der Waals surface area contributed by atoms with Gasteiger partial charge in [0.1, 0.15) is 29.7 Å². The van der Waals surface area contributed by atoms with Gasteiger partial charge in [0.2, 0.25) is 0 Å². The summed E-state index contributed by atoms with van der Waals surface area (Å²) in [7, 11) is -4.26. The molecule has 3 aromatic heterocycles. The highest BCUT2D eigenvalue weighted by Crippen LogP contribution is 2.50. The third-order valence-corrected chi connectivity index (χ3v) is 8.12. The number of fused-ring (bicyclic) bond motifs is 2. The monoisotopic (exact) mass is 518 g/mol. The SMILES string of the molecule is C[C@@]1(c2ccc3c(N)ncnn23)O[C@H](COP(=O)(O)NCCc2c[nH]c3ccccc23)[C@@H](O)[C@@]1(C)F. The van der Waals surface area contributed by atoms with Crippen molar-refractivity contribution in [1.82, 2.24) is 24.7 Å². The van der Waals surface area contributed by atoms with Crippen LogP contribution in [0.15, 0.2) is 48.9 Å². The van der Waals surface area contributed by atoms with E-state index in [2.05, 4.69) is 20.2 Å². The van der Waals surface area contributed by atoms with E-state index in [9.17, 15) is 14.6 Å². The molecule has 192 valence electrons. The molecule has 1 fully saturated rings. The summed E-state index contributed by atoms with van der Waals surface area (Å²) in [5, 5.41) is 18.4. The number of halogens is 1. The highest BCUT2D eigenvalue weighted by atomic mass is 31.2. The van der Waals surface area contributed by atoms with E-state index < -0.39 is 37.8 Å². The number of nitrogen functional groups attached to an aromatic ring is 1. The Morgan fingerprint density at radius 3 is 2.92 bits per heavy atom. The Balaban J connectivity index is 1.25. The number of ether oxygens (including phenoxy) is 1. The summed E-state index contributed by atoms with van der Waals surface area (Å²) >= 11 is 0. The molecular formula is C23H28FN6O5P. The predicted molar refractivity (Wildman–Crippen MR) is 131 cm³/mol. The number of aromatic amines is 1. The van der Waals surface area contributed by atoms with Gasteiger partial charge in [0, 0.05) is 23.6 Å². The van der Waals surface area contributed by atoms with Crippen LogP contribution in [0.1, 0.15) is 25.1 Å². The Kier molecular flexibility index (Phi) is 6.14. The van der Waals surface area contributed by atoms with Gasteiger partial charge < -0.3 is 25.5 Å². The van der Waals surface area contributed by atoms with Crippen LogP contribution in [0.3, 0.4) is 0 Å². The predicted octanol–water partition coefficient (Wildman–Crippen LogP) is 2.45. The first-order valence-corrected chi connectivity index (χ1v) is 13.0. The quantitative estimate of drug-likeness (QED) is 0.221. The van der Waals surface area contributed by atoms with Gasteiger partial charge in [0.15, 0.2) is 11.5 Å².